The van der Waals surface area contributed by atoms with Gasteiger partial charge in [0, 0.05) is 18.1 Å². The highest BCUT2D eigenvalue weighted by Crippen LogP contribution is 2.15. The molecule has 1 aromatic carbocycles. The van der Waals surface area contributed by atoms with E-state index >= 15 is 0 Å². The molecule has 0 heterocycles. The minimum absolute atomic E-state index is 0.567. The van der Waals surface area contributed by atoms with Crippen molar-refractivity contribution < 1.29 is 4.74 Å². The zero-order valence-corrected chi connectivity index (χ0v) is 9.91. The van der Waals surface area contributed by atoms with Crippen molar-refractivity contribution in [2.24, 2.45) is 0 Å². The Balaban J connectivity index is 2.15. The van der Waals surface area contributed by atoms with Crippen LogP contribution in [0, 0.1) is 0 Å². The van der Waals surface area contributed by atoms with Gasteiger partial charge in [-0.3, -0.25) is 0 Å². The molecule has 1 rings (SSSR count). The Bertz CT molecular complexity index is 332. The van der Waals surface area contributed by atoms with Gasteiger partial charge in [-0.15, -0.1) is 6.58 Å². The van der Waals surface area contributed by atoms with E-state index in [9.17, 15) is 0 Å². The third kappa shape index (κ3) is 5.59. The predicted octanol–water partition coefficient (Wildman–Crippen LogP) is 3.05. The molecule has 86 valence electrons. The van der Waals surface area contributed by atoms with E-state index in [-0.39, 0.29) is 0 Å². The second kappa shape index (κ2) is 7.97. The molecule has 0 atom stereocenters. The van der Waals surface area contributed by atoms with Crippen LogP contribution >= 0.6 is 11.6 Å². The van der Waals surface area contributed by atoms with Crippen LogP contribution in [-0.2, 0) is 0 Å². The van der Waals surface area contributed by atoms with Crippen molar-refractivity contribution in [3.8, 4) is 5.75 Å². The van der Waals surface area contributed by atoms with E-state index in [1.165, 1.54) is 0 Å². The summed E-state index contributed by atoms with van der Waals surface area (Å²) in [7, 11) is 0. The summed E-state index contributed by atoms with van der Waals surface area (Å²) in [5, 5.41) is 3.88. The lowest BCUT2D eigenvalue weighted by atomic mass is 10.3. The first-order chi connectivity index (χ1) is 7.83. The molecule has 3 heteroatoms. The van der Waals surface area contributed by atoms with E-state index in [1.54, 1.807) is 0 Å². The lowest BCUT2D eigenvalue weighted by molar-refractivity contribution is 0.362. The summed E-state index contributed by atoms with van der Waals surface area (Å²) in [5.74, 6) is 0.827. The smallest absolute Gasteiger partial charge is 0.119 e. The topological polar surface area (TPSA) is 21.3 Å². The Morgan fingerprint density at radius 1 is 1.19 bits per heavy atom. The van der Waals surface area contributed by atoms with Crippen molar-refractivity contribution in [3.05, 3.63) is 54.1 Å². The van der Waals surface area contributed by atoms with E-state index in [4.69, 9.17) is 16.3 Å². The van der Waals surface area contributed by atoms with E-state index < -0.39 is 0 Å². The van der Waals surface area contributed by atoms with Crippen LogP contribution in [0.3, 0.4) is 0 Å². The molecule has 0 bridgehead atoms. The molecule has 0 aliphatic carbocycles. The number of halogens is 1. The second-order valence-corrected chi connectivity index (χ2v) is 3.62. The average Bonchev–Trinajstić information content (AvgIpc) is 2.30. The third-order valence-electron chi connectivity index (χ3n) is 1.88. The molecule has 0 fully saturated rings. The van der Waals surface area contributed by atoms with Crippen LogP contribution in [0.5, 0.6) is 5.75 Å². The molecule has 0 amide bonds. The molecule has 2 nitrogen and oxygen atoms in total. The largest absolute Gasteiger partial charge is 0.490 e. The molecule has 0 unspecified atom stereocenters. The summed E-state index contributed by atoms with van der Waals surface area (Å²) in [6, 6.07) is 7.33. The van der Waals surface area contributed by atoms with Crippen molar-refractivity contribution in [3.63, 3.8) is 0 Å². The number of rotatable bonds is 7. The number of hydrogen-bond acceptors (Lipinski definition) is 2. The van der Waals surface area contributed by atoms with Gasteiger partial charge in [0.1, 0.15) is 12.4 Å². The van der Waals surface area contributed by atoms with E-state index in [2.05, 4.69) is 11.9 Å². The van der Waals surface area contributed by atoms with Crippen LogP contribution < -0.4 is 10.1 Å². The van der Waals surface area contributed by atoms with Gasteiger partial charge in [-0.2, -0.15) is 0 Å². The van der Waals surface area contributed by atoms with E-state index in [1.807, 2.05) is 42.5 Å². The number of ether oxygens (including phenoxy) is 1. The van der Waals surface area contributed by atoms with Gasteiger partial charge in [0.2, 0.25) is 0 Å². The molecule has 0 aromatic heterocycles. The first-order valence-electron chi connectivity index (χ1n) is 5.18. The Kier molecular flexibility index (Phi) is 6.38. The highest BCUT2D eigenvalue weighted by atomic mass is 35.5. The molecule has 0 saturated carbocycles. The van der Waals surface area contributed by atoms with Crippen molar-refractivity contribution in [2.45, 2.75) is 0 Å². The number of hydrogen-bond donors (Lipinski definition) is 1. The van der Waals surface area contributed by atoms with Crippen molar-refractivity contribution >= 4 is 11.6 Å². The molecular formula is C13H16ClNO. The SMILES string of the molecule is C=CCNC/C=C/COc1ccc(Cl)cc1. The maximum atomic E-state index is 5.76. The summed E-state index contributed by atoms with van der Waals surface area (Å²) in [4.78, 5) is 0. The molecule has 0 radical (unpaired) electrons. The van der Waals surface area contributed by atoms with Gasteiger partial charge in [-0.05, 0) is 24.3 Å². The zero-order chi connectivity index (χ0) is 11.6. The van der Waals surface area contributed by atoms with Crippen molar-refractivity contribution in [2.75, 3.05) is 19.7 Å². The highest BCUT2D eigenvalue weighted by molar-refractivity contribution is 6.30. The van der Waals surface area contributed by atoms with Gasteiger partial charge in [-0.25, -0.2) is 0 Å². The fraction of sp³-hybridized carbons (Fsp3) is 0.231. The second-order valence-electron chi connectivity index (χ2n) is 3.18. The van der Waals surface area contributed by atoms with Gasteiger partial charge in [0.25, 0.3) is 0 Å². The van der Waals surface area contributed by atoms with Gasteiger partial charge >= 0.3 is 0 Å². The first-order valence-corrected chi connectivity index (χ1v) is 5.55. The molecule has 0 aliphatic heterocycles. The van der Waals surface area contributed by atoms with Crippen molar-refractivity contribution in [1.29, 1.82) is 0 Å². The number of nitrogens with one attached hydrogen (secondary N) is 1. The average molecular weight is 238 g/mol. The molecule has 0 saturated heterocycles. The lowest BCUT2D eigenvalue weighted by Crippen LogP contribution is -2.12. The van der Waals surface area contributed by atoms with Crippen LogP contribution in [0.15, 0.2) is 49.1 Å². The molecular weight excluding hydrogens is 222 g/mol. The van der Waals surface area contributed by atoms with Crippen LogP contribution in [0.1, 0.15) is 0 Å². The maximum Gasteiger partial charge on any atom is 0.119 e. The summed E-state index contributed by atoms with van der Waals surface area (Å²) in [5.41, 5.74) is 0. The van der Waals surface area contributed by atoms with Crippen LogP contribution in [0.25, 0.3) is 0 Å². The molecule has 1 aromatic rings. The Labute approximate surface area is 102 Å². The number of benzene rings is 1. The fourth-order valence-electron chi connectivity index (χ4n) is 1.10. The summed E-state index contributed by atoms with van der Waals surface area (Å²) in [6.45, 7) is 5.84. The summed E-state index contributed by atoms with van der Waals surface area (Å²) >= 11 is 5.76. The van der Waals surface area contributed by atoms with Gasteiger partial charge < -0.3 is 10.1 Å². The molecule has 0 spiro atoms. The summed E-state index contributed by atoms with van der Waals surface area (Å²) < 4.78 is 5.47. The van der Waals surface area contributed by atoms with Crippen LogP contribution in [-0.4, -0.2) is 19.7 Å². The first kappa shape index (κ1) is 12.8. The zero-order valence-electron chi connectivity index (χ0n) is 9.16. The maximum absolute atomic E-state index is 5.76. The predicted molar refractivity (Wildman–Crippen MR) is 69.2 cm³/mol. The van der Waals surface area contributed by atoms with Gasteiger partial charge in [0.05, 0.1) is 0 Å². The minimum Gasteiger partial charge on any atom is -0.490 e. The molecule has 16 heavy (non-hydrogen) atoms. The fourth-order valence-corrected chi connectivity index (χ4v) is 1.22. The third-order valence-corrected chi connectivity index (χ3v) is 2.13. The van der Waals surface area contributed by atoms with Crippen LogP contribution in [0.4, 0.5) is 0 Å². The summed E-state index contributed by atoms with van der Waals surface area (Å²) in [6.07, 6.45) is 5.84. The van der Waals surface area contributed by atoms with Crippen molar-refractivity contribution in [1.82, 2.24) is 5.32 Å². The van der Waals surface area contributed by atoms with Crippen LogP contribution in [0.2, 0.25) is 5.02 Å². The standard InChI is InChI=1S/C13H16ClNO/c1-2-9-15-10-3-4-11-16-13-7-5-12(14)6-8-13/h2-8,15H,1,9-11H2/b4-3+. The molecule has 1 N–H and O–H groups in total. The van der Waals surface area contributed by atoms with Gasteiger partial charge in [-0.1, -0.05) is 29.8 Å². The Morgan fingerprint density at radius 3 is 2.62 bits per heavy atom. The normalized spacial score (nSPS) is 10.6. The quantitative estimate of drug-likeness (QED) is 0.581. The Hall–Kier alpha value is -1.25. The van der Waals surface area contributed by atoms with E-state index in [0.717, 1.165) is 23.9 Å². The lowest BCUT2D eigenvalue weighted by Gasteiger charge is -2.02. The Morgan fingerprint density at radius 2 is 1.94 bits per heavy atom. The monoisotopic (exact) mass is 237 g/mol. The molecule has 0 aliphatic rings. The highest BCUT2D eigenvalue weighted by Gasteiger charge is 1.90. The van der Waals surface area contributed by atoms with E-state index in [0.29, 0.717) is 6.61 Å². The van der Waals surface area contributed by atoms with Gasteiger partial charge in [0.15, 0.2) is 0 Å². The minimum atomic E-state index is 0.567.